The van der Waals surface area contributed by atoms with Crippen LogP contribution in [0.3, 0.4) is 0 Å². The lowest BCUT2D eigenvalue weighted by Crippen LogP contribution is -3.00. The molecule has 1 aromatic carbocycles. The zero-order valence-corrected chi connectivity index (χ0v) is 12.3. The van der Waals surface area contributed by atoms with Crippen molar-refractivity contribution in [1.29, 1.82) is 0 Å². The molecule has 0 radical (unpaired) electrons. The first-order chi connectivity index (χ1) is 8.16. The molecule has 0 amide bonds. The molecule has 96 valence electrons. The molecule has 2 N–H and O–H groups in total. The highest BCUT2D eigenvalue weighted by Gasteiger charge is 2.06. The summed E-state index contributed by atoms with van der Waals surface area (Å²) < 4.78 is 8.09. The average Bonchev–Trinajstić information content (AvgIpc) is 2.30. The van der Waals surface area contributed by atoms with Crippen LogP contribution in [-0.2, 0) is 6.73 Å². The number of benzene rings is 1. The SMILES string of the molecule is Nc1nccc[n+]1COc1ccc(Cl)cc1Br.[Cl-]. The predicted octanol–water partition coefficient (Wildman–Crippen LogP) is -0.592. The van der Waals surface area contributed by atoms with E-state index < -0.39 is 0 Å². The van der Waals surface area contributed by atoms with Crippen LogP contribution in [0.1, 0.15) is 0 Å². The van der Waals surface area contributed by atoms with Crippen LogP contribution in [0.5, 0.6) is 5.75 Å². The summed E-state index contributed by atoms with van der Waals surface area (Å²) in [5.41, 5.74) is 5.69. The number of nitrogens with zero attached hydrogens (tertiary/aromatic N) is 2. The first-order valence-corrected chi connectivity index (χ1v) is 6.01. The lowest BCUT2D eigenvalue weighted by atomic mass is 10.3. The van der Waals surface area contributed by atoms with Crippen molar-refractivity contribution in [3.8, 4) is 5.75 Å². The average molecular weight is 351 g/mol. The van der Waals surface area contributed by atoms with Crippen molar-refractivity contribution < 1.29 is 21.7 Å². The van der Waals surface area contributed by atoms with Gasteiger partial charge in [0.15, 0.2) is 0 Å². The molecule has 2 rings (SSSR count). The topological polar surface area (TPSA) is 52.0 Å². The smallest absolute Gasteiger partial charge is 0.391 e. The Morgan fingerprint density at radius 1 is 1.44 bits per heavy atom. The summed E-state index contributed by atoms with van der Waals surface area (Å²) in [5.74, 6) is 1.10. The third kappa shape index (κ3) is 3.73. The number of nitrogen functional groups attached to an aromatic ring is 1. The van der Waals surface area contributed by atoms with Gasteiger partial charge in [0.25, 0.3) is 0 Å². The minimum Gasteiger partial charge on any atom is -1.00 e. The Bertz CT molecular complexity index is 539. The summed E-state index contributed by atoms with van der Waals surface area (Å²) in [6, 6.07) is 7.11. The van der Waals surface area contributed by atoms with Crippen molar-refractivity contribution in [2.75, 3.05) is 5.73 Å². The van der Waals surface area contributed by atoms with E-state index >= 15 is 0 Å². The van der Waals surface area contributed by atoms with E-state index in [1.54, 1.807) is 41.2 Å². The Kier molecular flexibility index (Phi) is 5.65. The zero-order chi connectivity index (χ0) is 12.3. The number of nitrogens with two attached hydrogens (primary N) is 1. The van der Waals surface area contributed by atoms with Gasteiger partial charge in [0.1, 0.15) is 11.9 Å². The summed E-state index contributed by atoms with van der Waals surface area (Å²) >= 11 is 9.21. The molecule has 0 atom stereocenters. The number of hydrogen-bond acceptors (Lipinski definition) is 3. The van der Waals surface area contributed by atoms with E-state index in [9.17, 15) is 0 Å². The second-order valence-electron chi connectivity index (χ2n) is 3.30. The molecule has 0 spiro atoms. The Morgan fingerprint density at radius 2 is 2.22 bits per heavy atom. The van der Waals surface area contributed by atoms with Crippen LogP contribution in [-0.4, -0.2) is 4.98 Å². The molecule has 0 aliphatic rings. The van der Waals surface area contributed by atoms with Crippen LogP contribution in [0.2, 0.25) is 5.02 Å². The van der Waals surface area contributed by atoms with E-state index in [0.717, 1.165) is 4.47 Å². The van der Waals surface area contributed by atoms with Gasteiger partial charge in [-0.2, -0.15) is 0 Å². The Hall–Kier alpha value is -1.04. The van der Waals surface area contributed by atoms with Crippen LogP contribution >= 0.6 is 27.5 Å². The molecule has 2 aromatic rings. The molecule has 4 nitrogen and oxygen atoms in total. The molecule has 7 heteroatoms. The van der Waals surface area contributed by atoms with Crippen molar-refractivity contribution in [2.24, 2.45) is 0 Å². The molecule has 0 bridgehead atoms. The van der Waals surface area contributed by atoms with Gasteiger partial charge in [-0.25, -0.2) is 4.57 Å². The van der Waals surface area contributed by atoms with Crippen molar-refractivity contribution in [1.82, 2.24) is 4.98 Å². The molecular formula is C11H10BrCl2N3O. The number of ether oxygens (including phenoxy) is 1. The van der Waals surface area contributed by atoms with E-state index in [1.807, 2.05) is 0 Å². The fourth-order valence-electron chi connectivity index (χ4n) is 1.25. The van der Waals surface area contributed by atoms with Gasteiger partial charge in [0.2, 0.25) is 6.73 Å². The Balaban J connectivity index is 0.00000162. The van der Waals surface area contributed by atoms with Gasteiger partial charge in [0, 0.05) is 11.1 Å². The maximum absolute atomic E-state index is 5.84. The second-order valence-corrected chi connectivity index (χ2v) is 4.59. The molecule has 0 saturated carbocycles. The van der Waals surface area contributed by atoms with Gasteiger partial charge in [0.05, 0.1) is 10.7 Å². The van der Waals surface area contributed by atoms with Crippen molar-refractivity contribution in [2.45, 2.75) is 6.73 Å². The lowest BCUT2D eigenvalue weighted by Gasteiger charge is -2.08. The molecule has 0 aliphatic carbocycles. The normalized spacial score (nSPS) is 9.67. The van der Waals surface area contributed by atoms with Gasteiger partial charge < -0.3 is 17.1 Å². The molecule has 0 saturated heterocycles. The van der Waals surface area contributed by atoms with Gasteiger partial charge >= 0.3 is 5.95 Å². The minimum absolute atomic E-state index is 0. The zero-order valence-electron chi connectivity index (χ0n) is 9.19. The highest BCUT2D eigenvalue weighted by atomic mass is 79.9. The Labute approximate surface area is 124 Å². The second kappa shape index (κ2) is 6.78. The third-order valence-electron chi connectivity index (χ3n) is 2.11. The number of hydrogen-bond donors (Lipinski definition) is 1. The highest BCUT2D eigenvalue weighted by Crippen LogP contribution is 2.27. The van der Waals surface area contributed by atoms with E-state index in [-0.39, 0.29) is 12.4 Å². The number of halogens is 3. The van der Waals surface area contributed by atoms with Gasteiger partial charge in [-0.3, -0.25) is 5.73 Å². The monoisotopic (exact) mass is 349 g/mol. The van der Waals surface area contributed by atoms with Crippen LogP contribution < -0.4 is 27.4 Å². The number of anilines is 1. The molecule has 0 aliphatic heterocycles. The third-order valence-corrected chi connectivity index (χ3v) is 2.96. The summed E-state index contributed by atoms with van der Waals surface area (Å²) in [7, 11) is 0. The lowest BCUT2D eigenvalue weighted by molar-refractivity contribution is -0.713. The first-order valence-electron chi connectivity index (χ1n) is 4.84. The van der Waals surface area contributed by atoms with Gasteiger partial charge in [-0.05, 0) is 34.1 Å². The summed E-state index contributed by atoms with van der Waals surface area (Å²) in [4.78, 5) is 3.96. The highest BCUT2D eigenvalue weighted by molar-refractivity contribution is 9.10. The number of aromatic nitrogens is 2. The molecule has 0 unspecified atom stereocenters. The molecule has 18 heavy (non-hydrogen) atoms. The minimum atomic E-state index is 0. The largest absolute Gasteiger partial charge is 1.00 e. The van der Waals surface area contributed by atoms with E-state index in [4.69, 9.17) is 22.1 Å². The summed E-state index contributed by atoms with van der Waals surface area (Å²) in [6.45, 7) is 0.292. The van der Waals surface area contributed by atoms with Gasteiger partial charge in [-0.1, -0.05) is 16.6 Å². The Morgan fingerprint density at radius 3 is 2.89 bits per heavy atom. The standard InChI is InChI=1S/C11H9BrClN3O.ClH/c12-9-6-8(13)2-3-10(9)17-7-16-5-1-4-15-11(16)14;/h1-6,14H,7H2;1H. The van der Waals surface area contributed by atoms with Crippen molar-refractivity contribution in [3.63, 3.8) is 0 Å². The van der Waals surface area contributed by atoms with Crippen molar-refractivity contribution in [3.05, 3.63) is 46.2 Å². The van der Waals surface area contributed by atoms with Crippen molar-refractivity contribution >= 4 is 33.5 Å². The van der Waals surface area contributed by atoms with Crippen LogP contribution in [0.15, 0.2) is 41.1 Å². The molecule has 1 heterocycles. The fourth-order valence-corrected chi connectivity index (χ4v) is 2.05. The maximum Gasteiger partial charge on any atom is 0.391 e. The molecule has 0 fully saturated rings. The van der Waals surface area contributed by atoms with Crippen LogP contribution in [0, 0.1) is 0 Å². The van der Waals surface area contributed by atoms with E-state index in [0.29, 0.717) is 23.5 Å². The predicted molar refractivity (Wildman–Crippen MR) is 68.6 cm³/mol. The van der Waals surface area contributed by atoms with E-state index in [2.05, 4.69) is 20.9 Å². The van der Waals surface area contributed by atoms with Crippen LogP contribution in [0.25, 0.3) is 0 Å². The fraction of sp³-hybridized carbons (Fsp3) is 0.0909. The maximum atomic E-state index is 5.84. The summed E-state index contributed by atoms with van der Waals surface area (Å²) in [6.07, 6.45) is 3.43. The first kappa shape index (κ1) is 15.0. The molecule has 1 aromatic heterocycles. The quantitative estimate of drug-likeness (QED) is 0.753. The number of rotatable bonds is 3. The molecular weight excluding hydrogens is 341 g/mol. The summed E-state index contributed by atoms with van der Waals surface area (Å²) in [5, 5.41) is 0.651. The van der Waals surface area contributed by atoms with E-state index in [1.165, 1.54) is 0 Å². The van der Waals surface area contributed by atoms with Crippen LogP contribution in [0.4, 0.5) is 5.95 Å². The van der Waals surface area contributed by atoms with Gasteiger partial charge in [-0.15, -0.1) is 0 Å².